The number of carbonyl (C=O) groups is 2. The quantitative estimate of drug-likeness (QED) is 0.0908. The Labute approximate surface area is 240 Å². The minimum Gasteiger partial charge on any atom is -0.490 e. The van der Waals surface area contributed by atoms with Gasteiger partial charge in [-0.25, -0.2) is 14.0 Å². The Balaban J connectivity index is 1.54. The van der Waals surface area contributed by atoms with Gasteiger partial charge in [-0.1, -0.05) is 79.9 Å². The van der Waals surface area contributed by atoms with Gasteiger partial charge in [0.15, 0.2) is 0 Å². The van der Waals surface area contributed by atoms with Gasteiger partial charge in [0.2, 0.25) is 0 Å². The van der Waals surface area contributed by atoms with Gasteiger partial charge in [0, 0.05) is 22.3 Å². The monoisotopic (exact) mass is 556 g/mol. The zero-order valence-electron chi connectivity index (χ0n) is 23.2. The summed E-state index contributed by atoms with van der Waals surface area (Å²) >= 11 is 0. The first-order valence-electron chi connectivity index (χ1n) is 13.0. The highest BCUT2D eigenvalue weighted by molar-refractivity contribution is 5.87. The molecule has 7 heteroatoms. The molecule has 0 aromatic heterocycles. The molecular formula is C34H33FO6. The van der Waals surface area contributed by atoms with E-state index >= 15 is 0 Å². The lowest BCUT2D eigenvalue weighted by atomic mass is 10.1. The van der Waals surface area contributed by atoms with Gasteiger partial charge >= 0.3 is 11.9 Å². The number of halogens is 1. The molecule has 6 nitrogen and oxygen atoms in total. The summed E-state index contributed by atoms with van der Waals surface area (Å²) in [6.07, 6.45) is 7.17. The summed E-state index contributed by atoms with van der Waals surface area (Å²) < 4.78 is 36.2. The molecule has 3 rings (SSSR count). The zero-order chi connectivity index (χ0) is 29.6. The van der Waals surface area contributed by atoms with Crippen molar-refractivity contribution in [3.8, 4) is 11.5 Å². The van der Waals surface area contributed by atoms with Crippen LogP contribution in [0.1, 0.15) is 36.1 Å². The van der Waals surface area contributed by atoms with Crippen molar-refractivity contribution < 1.29 is 32.9 Å². The lowest BCUT2D eigenvalue weighted by Gasteiger charge is -2.10. The molecule has 3 aromatic carbocycles. The lowest BCUT2D eigenvalue weighted by Crippen LogP contribution is -2.12. The van der Waals surface area contributed by atoms with Crippen molar-refractivity contribution in [1.29, 1.82) is 0 Å². The summed E-state index contributed by atoms with van der Waals surface area (Å²) in [5, 5.41) is 0. The lowest BCUT2D eigenvalue weighted by molar-refractivity contribution is -0.140. The topological polar surface area (TPSA) is 71.1 Å². The molecule has 0 fully saturated rings. The van der Waals surface area contributed by atoms with Crippen LogP contribution in [0.25, 0.3) is 24.3 Å². The number of benzene rings is 3. The van der Waals surface area contributed by atoms with Gasteiger partial charge in [-0.05, 0) is 49.2 Å². The van der Waals surface area contributed by atoms with Gasteiger partial charge in [0.1, 0.15) is 43.7 Å². The molecule has 0 aliphatic heterocycles. The van der Waals surface area contributed by atoms with Crippen molar-refractivity contribution in [2.75, 3.05) is 26.4 Å². The molecule has 0 aliphatic rings. The van der Waals surface area contributed by atoms with Gasteiger partial charge in [0.25, 0.3) is 0 Å². The SMILES string of the molecule is C=C(C)C(=O)OCCOc1ccc(/C=C/c2ccc(/C=C/c3ccccc3OCCOC(=O)C(=C)C)c(F)c2)cc1. The van der Waals surface area contributed by atoms with Crippen LogP contribution in [0.15, 0.2) is 91.0 Å². The highest BCUT2D eigenvalue weighted by Crippen LogP contribution is 2.22. The summed E-state index contributed by atoms with van der Waals surface area (Å²) in [5.41, 5.74) is 3.51. The smallest absolute Gasteiger partial charge is 0.333 e. The van der Waals surface area contributed by atoms with E-state index in [2.05, 4.69) is 13.2 Å². The Morgan fingerprint density at radius 1 is 0.683 bits per heavy atom. The summed E-state index contributed by atoms with van der Waals surface area (Å²) in [7, 11) is 0. The van der Waals surface area contributed by atoms with Crippen molar-refractivity contribution in [2.24, 2.45) is 0 Å². The van der Waals surface area contributed by atoms with E-state index in [0.29, 0.717) is 33.8 Å². The molecule has 41 heavy (non-hydrogen) atoms. The summed E-state index contributed by atoms with van der Waals surface area (Å²) in [6.45, 7) is 10.9. The molecule has 0 saturated heterocycles. The van der Waals surface area contributed by atoms with Crippen LogP contribution in [0.2, 0.25) is 0 Å². The molecule has 0 spiro atoms. The van der Waals surface area contributed by atoms with Crippen LogP contribution in [-0.4, -0.2) is 38.4 Å². The molecule has 0 unspecified atom stereocenters. The molecule has 212 valence electrons. The number of hydrogen-bond acceptors (Lipinski definition) is 6. The first-order chi connectivity index (χ1) is 19.7. The van der Waals surface area contributed by atoms with E-state index in [1.807, 2.05) is 60.7 Å². The average Bonchev–Trinajstić information content (AvgIpc) is 2.96. The van der Waals surface area contributed by atoms with E-state index < -0.39 is 11.9 Å². The van der Waals surface area contributed by atoms with Gasteiger partial charge in [-0.2, -0.15) is 0 Å². The average molecular weight is 557 g/mol. The largest absolute Gasteiger partial charge is 0.490 e. The van der Waals surface area contributed by atoms with Crippen molar-refractivity contribution in [2.45, 2.75) is 13.8 Å². The molecule has 0 bridgehead atoms. The number of ether oxygens (including phenoxy) is 4. The molecular weight excluding hydrogens is 523 g/mol. The Morgan fingerprint density at radius 2 is 1.24 bits per heavy atom. The Morgan fingerprint density at radius 3 is 1.88 bits per heavy atom. The number of hydrogen-bond donors (Lipinski definition) is 0. The molecule has 0 aliphatic carbocycles. The van der Waals surface area contributed by atoms with Crippen molar-refractivity contribution in [1.82, 2.24) is 0 Å². The normalized spacial score (nSPS) is 10.9. The van der Waals surface area contributed by atoms with E-state index in [0.717, 1.165) is 11.1 Å². The second-order valence-corrected chi connectivity index (χ2v) is 9.08. The standard InChI is InChI=1S/C34H33FO6/c1-24(2)33(36)40-21-19-38-30-17-12-26(13-18-30)9-10-27-11-14-28(31(35)23-27)15-16-29-7-5-6-8-32(29)39-20-22-41-34(37)25(3)4/h5-18,23H,1,3,19-22H2,2,4H3/b10-9+,16-15+. The van der Waals surface area contributed by atoms with Crippen LogP contribution in [0.5, 0.6) is 11.5 Å². The third-order valence-corrected chi connectivity index (χ3v) is 5.59. The van der Waals surface area contributed by atoms with E-state index in [4.69, 9.17) is 18.9 Å². The van der Waals surface area contributed by atoms with Crippen LogP contribution in [-0.2, 0) is 19.1 Å². The Hall–Kier alpha value is -4.91. The Kier molecular flexibility index (Phi) is 11.7. The maximum Gasteiger partial charge on any atom is 0.333 e. The zero-order valence-corrected chi connectivity index (χ0v) is 23.2. The third kappa shape index (κ3) is 10.3. The minimum atomic E-state index is -0.462. The fraction of sp³-hybridized carbons (Fsp3) is 0.176. The number of carbonyl (C=O) groups excluding carboxylic acids is 2. The second kappa shape index (κ2) is 15.6. The van der Waals surface area contributed by atoms with E-state index in [1.165, 1.54) is 6.07 Å². The first-order valence-corrected chi connectivity index (χ1v) is 13.0. The van der Waals surface area contributed by atoms with Crippen LogP contribution in [0.3, 0.4) is 0 Å². The number of rotatable bonds is 14. The minimum absolute atomic E-state index is 0.0973. The molecule has 0 saturated carbocycles. The van der Waals surface area contributed by atoms with Gasteiger partial charge in [-0.3, -0.25) is 0 Å². The highest BCUT2D eigenvalue weighted by atomic mass is 19.1. The van der Waals surface area contributed by atoms with Crippen molar-refractivity contribution in [3.05, 3.63) is 119 Å². The predicted molar refractivity (Wildman–Crippen MR) is 160 cm³/mol. The number of esters is 2. The third-order valence-electron chi connectivity index (χ3n) is 5.59. The Bertz CT molecular complexity index is 1440. The maximum atomic E-state index is 14.8. The van der Waals surface area contributed by atoms with Crippen LogP contribution in [0, 0.1) is 5.82 Å². The summed E-state index contributed by atoms with van der Waals surface area (Å²) in [5.74, 6) is -0.0197. The summed E-state index contributed by atoms with van der Waals surface area (Å²) in [4.78, 5) is 22.9. The van der Waals surface area contributed by atoms with E-state index in [1.54, 1.807) is 38.1 Å². The fourth-order valence-corrected chi connectivity index (χ4v) is 3.41. The fourth-order valence-electron chi connectivity index (χ4n) is 3.41. The first kappa shape index (κ1) is 30.6. The maximum absolute atomic E-state index is 14.8. The second-order valence-electron chi connectivity index (χ2n) is 9.08. The van der Waals surface area contributed by atoms with E-state index in [9.17, 15) is 14.0 Å². The predicted octanol–water partition coefficient (Wildman–Crippen LogP) is 7.16. The van der Waals surface area contributed by atoms with Crippen molar-refractivity contribution >= 4 is 36.2 Å². The van der Waals surface area contributed by atoms with Crippen LogP contribution in [0.4, 0.5) is 4.39 Å². The van der Waals surface area contributed by atoms with Crippen molar-refractivity contribution in [3.63, 3.8) is 0 Å². The number of para-hydroxylation sites is 1. The molecule has 3 aromatic rings. The van der Waals surface area contributed by atoms with Gasteiger partial charge in [-0.15, -0.1) is 0 Å². The molecule has 0 N–H and O–H groups in total. The van der Waals surface area contributed by atoms with Gasteiger partial charge in [0.05, 0.1) is 0 Å². The van der Waals surface area contributed by atoms with E-state index in [-0.39, 0.29) is 32.2 Å². The summed E-state index contributed by atoms with van der Waals surface area (Å²) in [6, 6.07) is 19.7. The molecule has 0 atom stereocenters. The van der Waals surface area contributed by atoms with Crippen LogP contribution >= 0.6 is 0 Å². The highest BCUT2D eigenvalue weighted by Gasteiger charge is 2.06. The van der Waals surface area contributed by atoms with Gasteiger partial charge < -0.3 is 18.9 Å². The molecule has 0 heterocycles. The molecule has 0 amide bonds. The molecule has 0 radical (unpaired) electrons. The van der Waals surface area contributed by atoms with Crippen LogP contribution < -0.4 is 9.47 Å².